The van der Waals surface area contributed by atoms with E-state index in [2.05, 4.69) is 27.7 Å². The van der Waals surface area contributed by atoms with Crippen molar-refractivity contribution in [3.8, 4) is 0 Å². The first kappa shape index (κ1) is 50.4. The van der Waals surface area contributed by atoms with Crippen molar-refractivity contribution in [3.63, 3.8) is 0 Å². The topological polar surface area (TPSA) is 78.9 Å². The van der Waals surface area contributed by atoms with Gasteiger partial charge in [-0.2, -0.15) is 0 Å². The molecule has 0 saturated heterocycles. The van der Waals surface area contributed by atoms with Crippen molar-refractivity contribution in [1.82, 2.24) is 0 Å². The second-order valence-electron chi connectivity index (χ2n) is 15.9. The van der Waals surface area contributed by atoms with Gasteiger partial charge in [0.2, 0.25) is 0 Å². The van der Waals surface area contributed by atoms with Gasteiger partial charge in [0.25, 0.3) is 0 Å². The molecule has 0 saturated carbocycles. The van der Waals surface area contributed by atoms with Crippen LogP contribution in [0.2, 0.25) is 0 Å². The summed E-state index contributed by atoms with van der Waals surface area (Å²) in [6.45, 7) is 8.99. The van der Waals surface area contributed by atoms with Gasteiger partial charge in [0.05, 0.1) is 0 Å². The molecule has 0 bridgehead atoms. The van der Waals surface area contributed by atoms with E-state index in [1.807, 2.05) is 0 Å². The molecule has 0 aliphatic carbocycles. The molecular weight excluding hydrogens is 648 g/mol. The monoisotopic (exact) mass is 737 g/mol. The summed E-state index contributed by atoms with van der Waals surface area (Å²) < 4.78 is 16.7. The maximum atomic E-state index is 12.7. The number of esters is 3. The summed E-state index contributed by atoms with van der Waals surface area (Å²) in [5, 5.41) is 0. The summed E-state index contributed by atoms with van der Waals surface area (Å²) in [7, 11) is 0. The number of hydrogen-bond donors (Lipinski definition) is 0. The number of unbranched alkanes of at least 4 members (excludes halogenated alkanes) is 27. The molecular formula is C46H88O6. The second-order valence-corrected chi connectivity index (χ2v) is 15.9. The van der Waals surface area contributed by atoms with E-state index in [1.54, 1.807) is 0 Å². The van der Waals surface area contributed by atoms with Crippen LogP contribution in [0, 0.1) is 5.92 Å². The zero-order valence-corrected chi connectivity index (χ0v) is 35.3. The third-order valence-electron chi connectivity index (χ3n) is 10.7. The molecule has 308 valence electrons. The van der Waals surface area contributed by atoms with Gasteiger partial charge in [-0.3, -0.25) is 14.4 Å². The predicted molar refractivity (Wildman–Crippen MR) is 220 cm³/mol. The molecule has 6 nitrogen and oxygen atoms in total. The third kappa shape index (κ3) is 38.1. The molecule has 0 spiro atoms. The summed E-state index contributed by atoms with van der Waals surface area (Å²) in [6.07, 6.45) is 39.3. The number of carbonyl (C=O) groups excluding carboxylic acids is 3. The highest BCUT2D eigenvalue weighted by atomic mass is 16.6. The predicted octanol–water partition coefficient (Wildman–Crippen LogP) is 14.3. The summed E-state index contributed by atoms with van der Waals surface area (Å²) in [6, 6.07) is 0. The molecule has 0 radical (unpaired) electrons. The van der Waals surface area contributed by atoms with E-state index >= 15 is 0 Å². The number of carbonyl (C=O) groups is 3. The molecule has 0 aromatic carbocycles. The van der Waals surface area contributed by atoms with Crippen LogP contribution < -0.4 is 0 Å². The molecule has 0 aromatic rings. The van der Waals surface area contributed by atoms with Gasteiger partial charge in [0.15, 0.2) is 6.10 Å². The van der Waals surface area contributed by atoms with Crippen LogP contribution in [-0.4, -0.2) is 37.2 Å². The highest BCUT2D eigenvalue weighted by Crippen LogP contribution is 2.17. The van der Waals surface area contributed by atoms with Crippen molar-refractivity contribution < 1.29 is 28.6 Å². The molecule has 0 fully saturated rings. The van der Waals surface area contributed by atoms with E-state index in [0.29, 0.717) is 19.3 Å². The Labute approximate surface area is 323 Å². The zero-order chi connectivity index (χ0) is 38.2. The van der Waals surface area contributed by atoms with Crippen LogP contribution in [0.25, 0.3) is 0 Å². The molecule has 2 atom stereocenters. The van der Waals surface area contributed by atoms with Crippen LogP contribution in [0.3, 0.4) is 0 Å². The third-order valence-corrected chi connectivity index (χ3v) is 10.7. The molecule has 0 aromatic heterocycles. The highest BCUT2D eigenvalue weighted by molar-refractivity contribution is 5.71. The maximum absolute atomic E-state index is 12.7. The Kier molecular flexibility index (Phi) is 39.4. The second kappa shape index (κ2) is 40.6. The van der Waals surface area contributed by atoms with Crippen LogP contribution in [-0.2, 0) is 28.6 Å². The normalized spacial score (nSPS) is 12.5. The van der Waals surface area contributed by atoms with Crippen LogP contribution >= 0.6 is 0 Å². The lowest BCUT2D eigenvalue weighted by molar-refractivity contribution is -0.167. The molecule has 0 aliphatic rings. The van der Waals surface area contributed by atoms with E-state index in [0.717, 1.165) is 63.7 Å². The molecule has 0 amide bonds. The van der Waals surface area contributed by atoms with Gasteiger partial charge in [0.1, 0.15) is 13.2 Å². The SMILES string of the molecule is CCCCCCCCCCCCCC(=O)OC[C@H](COC(=O)CCCCCCCCCCC(C)CC)OC(=O)CCCCCCCCCCCCC. The first-order valence-electron chi connectivity index (χ1n) is 22.9. The fourth-order valence-corrected chi connectivity index (χ4v) is 6.77. The van der Waals surface area contributed by atoms with Crippen LogP contribution in [0.5, 0.6) is 0 Å². The van der Waals surface area contributed by atoms with Gasteiger partial charge in [0, 0.05) is 19.3 Å². The van der Waals surface area contributed by atoms with E-state index in [-0.39, 0.29) is 31.1 Å². The fraction of sp³-hybridized carbons (Fsp3) is 0.935. The quantitative estimate of drug-likeness (QED) is 0.0353. The minimum Gasteiger partial charge on any atom is -0.462 e. The standard InChI is InChI=1S/C46H88O6/c1-5-8-10-12-14-16-18-20-25-29-33-37-44(47)50-40-43(52-46(49)39-35-31-27-21-19-17-15-13-11-9-6-2)41-51-45(48)38-34-30-26-23-22-24-28-32-36-42(4)7-3/h42-43H,5-41H2,1-4H3/t42?,43-/m1/s1. The van der Waals surface area contributed by atoms with Crippen molar-refractivity contribution in [2.75, 3.05) is 13.2 Å². The van der Waals surface area contributed by atoms with Crippen molar-refractivity contribution >= 4 is 17.9 Å². The minimum absolute atomic E-state index is 0.0640. The molecule has 0 N–H and O–H groups in total. The average molecular weight is 737 g/mol. The summed E-state index contributed by atoms with van der Waals surface area (Å²) in [5.74, 6) is -0.00781. The lowest BCUT2D eigenvalue weighted by Crippen LogP contribution is -2.30. The number of ether oxygens (including phenoxy) is 3. The first-order valence-corrected chi connectivity index (χ1v) is 22.9. The summed E-state index contributed by atoms with van der Waals surface area (Å²) in [4.78, 5) is 37.7. The van der Waals surface area contributed by atoms with Gasteiger partial charge in [-0.25, -0.2) is 0 Å². The maximum Gasteiger partial charge on any atom is 0.306 e. The lowest BCUT2D eigenvalue weighted by atomic mass is 9.99. The Morgan fingerprint density at radius 2 is 0.673 bits per heavy atom. The van der Waals surface area contributed by atoms with Gasteiger partial charge in [-0.1, -0.05) is 214 Å². The smallest absolute Gasteiger partial charge is 0.306 e. The minimum atomic E-state index is -0.759. The lowest BCUT2D eigenvalue weighted by Gasteiger charge is -2.18. The van der Waals surface area contributed by atoms with Crippen LogP contribution in [0.15, 0.2) is 0 Å². The molecule has 6 heteroatoms. The van der Waals surface area contributed by atoms with E-state index in [9.17, 15) is 14.4 Å². The van der Waals surface area contributed by atoms with E-state index < -0.39 is 6.10 Å². The van der Waals surface area contributed by atoms with Gasteiger partial charge >= 0.3 is 17.9 Å². The Hall–Kier alpha value is -1.59. The Morgan fingerprint density at radius 1 is 0.385 bits per heavy atom. The highest BCUT2D eigenvalue weighted by Gasteiger charge is 2.19. The van der Waals surface area contributed by atoms with Gasteiger partial charge in [-0.15, -0.1) is 0 Å². The van der Waals surface area contributed by atoms with Crippen LogP contribution in [0.1, 0.15) is 252 Å². The molecule has 0 heterocycles. The van der Waals surface area contributed by atoms with Crippen molar-refractivity contribution in [1.29, 1.82) is 0 Å². The van der Waals surface area contributed by atoms with E-state index in [4.69, 9.17) is 14.2 Å². The van der Waals surface area contributed by atoms with E-state index in [1.165, 1.54) is 148 Å². The fourth-order valence-electron chi connectivity index (χ4n) is 6.77. The number of rotatable bonds is 41. The molecule has 52 heavy (non-hydrogen) atoms. The average Bonchev–Trinajstić information content (AvgIpc) is 3.14. The molecule has 1 unspecified atom stereocenters. The summed E-state index contributed by atoms with van der Waals surface area (Å²) in [5.41, 5.74) is 0. The Balaban J connectivity index is 4.34. The van der Waals surface area contributed by atoms with Crippen molar-refractivity contribution in [2.24, 2.45) is 5.92 Å². The van der Waals surface area contributed by atoms with Gasteiger partial charge < -0.3 is 14.2 Å². The first-order chi connectivity index (χ1) is 25.4. The zero-order valence-electron chi connectivity index (χ0n) is 35.3. The van der Waals surface area contributed by atoms with Gasteiger partial charge in [-0.05, 0) is 25.2 Å². The Bertz CT molecular complexity index is 783. The van der Waals surface area contributed by atoms with Crippen LogP contribution in [0.4, 0.5) is 0 Å². The molecule has 0 rings (SSSR count). The molecule has 0 aliphatic heterocycles. The van der Waals surface area contributed by atoms with Crippen molar-refractivity contribution in [2.45, 2.75) is 259 Å². The number of hydrogen-bond acceptors (Lipinski definition) is 6. The summed E-state index contributed by atoms with van der Waals surface area (Å²) >= 11 is 0. The Morgan fingerprint density at radius 3 is 1.00 bits per heavy atom. The largest absolute Gasteiger partial charge is 0.462 e. The van der Waals surface area contributed by atoms with Crippen molar-refractivity contribution in [3.05, 3.63) is 0 Å².